The summed E-state index contributed by atoms with van der Waals surface area (Å²) in [6.07, 6.45) is -0.243. The molecule has 4 heteroatoms. The molecule has 0 bridgehead atoms. The number of hydrogen-bond acceptors (Lipinski definition) is 4. The molecule has 0 saturated carbocycles. The molecule has 1 aromatic carbocycles. The summed E-state index contributed by atoms with van der Waals surface area (Å²) >= 11 is 1.75. The molecule has 18 heavy (non-hydrogen) atoms. The largest absolute Gasteiger partial charge is 0.391 e. The zero-order chi connectivity index (χ0) is 12.8. The number of hydrogen-bond donors (Lipinski definition) is 2. The molecular weight excluding hydrogens is 244 g/mol. The van der Waals surface area contributed by atoms with Crippen molar-refractivity contribution in [1.29, 1.82) is 0 Å². The fourth-order valence-corrected chi connectivity index (χ4v) is 3.10. The highest BCUT2D eigenvalue weighted by atomic mass is 32.2. The van der Waals surface area contributed by atoms with Crippen LogP contribution in [-0.2, 0) is 0 Å². The van der Waals surface area contributed by atoms with Crippen LogP contribution in [0, 0.1) is 6.92 Å². The van der Waals surface area contributed by atoms with E-state index in [2.05, 4.69) is 41.4 Å². The van der Waals surface area contributed by atoms with Crippen molar-refractivity contribution in [2.45, 2.75) is 17.9 Å². The lowest BCUT2D eigenvalue weighted by Gasteiger charge is -2.29. The van der Waals surface area contributed by atoms with E-state index in [-0.39, 0.29) is 6.10 Å². The van der Waals surface area contributed by atoms with E-state index in [0.29, 0.717) is 0 Å². The molecule has 1 saturated heterocycles. The van der Waals surface area contributed by atoms with Gasteiger partial charge in [0, 0.05) is 43.4 Å². The van der Waals surface area contributed by atoms with Crippen molar-refractivity contribution in [1.82, 2.24) is 10.2 Å². The van der Waals surface area contributed by atoms with Gasteiger partial charge >= 0.3 is 0 Å². The maximum atomic E-state index is 10.1. The first-order chi connectivity index (χ1) is 8.75. The Balaban J connectivity index is 1.74. The van der Waals surface area contributed by atoms with Crippen molar-refractivity contribution >= 4 is 11.8 Å². The quantitative estimate of drug-likeness (QED) is 0.789. The number of nitrogens with one attached hydrogen (secondary N) is 1. The second-order valence-corrected chi connectivity index (χ2v) is 5.84. The Kier molecular flexibility index (Phi) is 5.50. The van der Waals surface area contributed by atoms with Crippen LogP contribution >= 0.6 is 11.8 Å². The number of aliphatic hydroxyl groups excluding tert-OH is 1. The molecule has 3 nitrogen and oxygen atoms in total. The van der Waals surface area contributed by atoms with Gasteiger partial charge in [-0.25, -0.2) is 0 Å². The van der Waals surface area contributed by atoms with E-state index in [0.717, 1.165) is 38.5 Å². The van der Waals surface area contributed by atoms with Crippen LogP contribution in [0.1, 0.15) is 5.56 Å². The second kappa shape index (κ2) is 7.14. The van der Waals surface area contributed by atoms with E-state index < -0.39 is 0 Å². The van der Waals surface area contributed by atoms with Crippen molar-refractivity contribution in [3.63, 3.8) is 0 Å². The third-order valence-corrected chi connectivity index (χ3v) is 4.52. The SMILES string of the molecule is Cc1ccccc1SCC(O)CN1CCNCC1. The molecule has 1 atom stereocenters. The predicted octanol–water partition coefficient (Wildman–Crippen LogP) is 1.35. The summed E-state index contributed by atoms with van der Waals surface area (Å²) in [5.41, 5.74) is 1.29. The lowest BCUT2D eigenvalue weighted by atomic mass is 10.2. The number of piperazine rings is 1. The molecule has 0 amide bonds. The van der Waals surface area contributed by atoms with Crippen LogP contribution in [0.15, 0.2) is 29.2 Å². The van der Waals surface area contributed by atoms with Gasteiger partial charge in [-0.3, -0.25) is 4.90 Å². The number of β-amino-alcohol motifs (C(OH)–C–C–N with tert-alkyl or cyclic N) is 1. The van der Waals surface area contributed by atoms with E-state index in [4.69, 9.17) is 0 Å². The summed E-state index contributed by atoms with van der Waals surface area (Å²) < 4.78 is 0. The Hall–Kier alpha value is -0.550. The summed E-state index contributed by atoms with van der Waals surface area (Å²) in [5.74, 6) is 0.773. The minimum atomic E-state index is -0.243. The van der Waals surface area contributed by atoms with Gasteiger partial charge in [0.2, 0.25) is 0 Å². The minimum absolute atomic E-state index is 0.243. The first kappa shape index (κ1) is 13.9. The Labute approximate surface area is 114 Å². The van der Waals surface area contributed by atoms with Gasteiger partial charge in [-0.2, -0.15) is 0 Å². The first-order valence-electron chi connectivity index (χ1n) is 6.55. The second-order valence-electron chi connectivity index (χ2n) is 4.78. The van der Waals surface area contributed by atoms with E-state index in [9.17, 15) is 5.11 Å². The molecule has 1 unspecified atom stereocenters. The fourth-order valence-electron chi connectivity index (χ4n) is 2.15. The summed E-state index contributed by atoms with van der Waals surface area (Å²) in [4.78, 5) is 3.61. The molecular formula is C14H22N2OS. The molecule has 2 rings (SSSR count). The van der Waals surface area contributed by atoms with Crippen molar-refractivity contribution in [3.05, 3.63) is 29.8 Å². The zero-order valence-corrected chi connectivity index (χ0v) is 11.7. The molecule has 1 heterocycles. The lowest BCUT2D eigenvalue weighted by molar-refractivity contribution is 0.121. The van der Waals surface area contributed by atoms with Gasteiger partial charge in [0.25, 0.3) is 0 Å². The first-order valence-corrected chi connectivity index (χ1v) is 7.54. The summed E-state index contributed by atoms with van der Waals surface area (Å²) in [7, 11) is 0. The molecule has 0 spiro atoms. The molecule has 1 aromatic rings. The average molecular weight is 266 g/mol. The predicted molar refractivity (Wildman–Crippen MR) is 77.2 cm³/mol. The smallest absolute Gasteiger partial charge is 0.0760 e. The van der Waals surface area contributed by atoms with Gasteiger partial charge in [-0.1, -0.05) is 18.2 Å². The molecule has 1 aliphatic rings. The van der Waals surface area contributed by atoms with Crippen LogP contribution in [0.2, 0.25) is 0 Å². The van der Waals surface area contributed by atoms with Crippen LogP contribution in [0.25, 0.3) is 0 Å². The van der Waals surface area contributed by atoms with Crippen molar-refractivity contribution in [3.8, 4) is 0 Å². The molecule has 2 N–H and O–H groups in total. The van der Waals surface area contributed by atoms with Gasteiger partial charge in [0.1, 0.15) is 0 Å². The third-order valence-electron chi connectivity index (χ3n) is 3.20. The Morgan fingerprint density at radius 1 is 1.33 bits per heavy atom. The highest BCUT2D eigenvalue weighted by Gasteiger charge is 2.14. The van der Waals surface area contributed by atoms with Gasteiger partial charge in [-0.05, 0) is 18.6 Å². The molecule has 0 aliphatic carbocycles. The van der Waals surface area contributed by atoms with Crippen LogP contribution in [0.3, 0.4) is 0 Å². The number of nitrogens with zero attached hydrogens (tertiary/aromatic N) is 1. The number of aryl methyl sites for hydroxylation is 1. The molecule has 0 radical (unpaired) electrons. The maximum Gasteiger partial charge on any atom is 0.0760 e. The number of thioether (sulfide) groups is 1. The third kappa shape index (κ3) is 4.28. The fraction of sp³-hybridized carbons (Fsp3) is 0.571. The Bertz CT molecular complexity index is 367. The van der Waals surface area contributed by atoms with Crippen molar-refractivity contribution in [2.24, 2.45) is 0 Å². The van der Waals surface area contributed by atoms with Crippen LogP contribution in [-0.4, -0.2) is 54.6 Å². The topological polar surface area (TPSA) is 35.5 Å². The monoisotopic (exact) mass is 266 g/mol. The van der Waals surface area contributed by atoms with Crippen LogP contribution in [0.4, 0.5) is 0 Å². The Morgan fingerprint density at radius 3 is 2.78 bits per heavy atom. The molecule has 100 valence electrons. The number of rotatable bonds is 5. The van der Waals surface area contributed by atoms with E-state index in [1.807, 2.05) is 0 Å². The van der Waals surface area contributed by atoms with Gasteiger partial charge in [0.15, 0.2) is 0 Å². The van der Waals surface area contributed by atoms with E-state index in [1.54, 1.807) is 11.8 Å². The zero-order valence-electron chi connectivity index (χ0n) is 10.9. The molecule has 1 aliphatic heterocycles. The van der Waals surface area contributed by atoms with Gasteiger partial charge in [-0.15, -0.1) is 11.8 Å². The van der Waals surface area contributed by atoms with E-state index >= 15 is 0 Å². The highest BCUT2D eigenvalue weighted by molar-refractivity contribution is 7.99. The van der Waals surface area contributed by atoms with Gasteiger partial charge < -0.3 is 10.4 Å². The number of aliphatic hydroxyl groups is 1. The summed E-state index contributed by atoms with van der Waals surface area (Å²) in [6, 6.07) is 8.34. The Morgan fingerprint density at radius 2 is 2.06 bits per heavy atom. The number of benzene rings is 1. The summed E-state index contributed by atoms with van der Waals surface area (Å²) in [6.45, 7) is 7.08. The summed E-state index contributed by atoms with van der Waals surface area (Å²) in [5, 5.41) is 13.4. The molecule has 1 fully saturated rings. The van der Waals surface area contributed by atoms with E-state index in [1.165, 1.54) is 10.5 Å². The lowest BCUT2D eigenvalue weighted by Crippen LogP contribution is -2.46. The van der Waals surface area contributed by atoms with Crippen LogP contribution < -0.4 is 5.32 Å². The highest BCUT2D eigenvalue weighted by Crippen LogP contribution is 2.22. The van der Waals surface area contributed by atoms with Gasteiger partial charge in [0.05, 0.1) is 6.10 Å². The normalized spacial score (nSPS) is 18.8. The van der Waals surface area contributed by atoms with Crippen molar-refractivity contribution in [2.75, 3.05) is 38.5 Å². The molecule has 0 aromatic heterocycles. The van der Waals surface area contributed by atoms with Crippen molar-refractivity contribution < 1.29 is 5.11 Å². The van der Waals surface area contributed by atoms with Crippen LogP contribution in [0.5, 0.6) is 0 Å². The minimum Gasteiger partial charge on any atom is -0.391 e. The maximum absolute atomic E-state index is 10.1. The standard InChI is InChI=1S/C14H22N2OS/c1-12-4-2-3-5-14(12)18-11-13(17)10-16-8-6-15-7-9-16/h2-5,13,15,17H,6-11H2,1H3. The average Bonchev–Trinajstić information content (AvgIpc) is 2.39.